The molecular formula is C21H25ClN2O2. The predicted octanol–water partition coefficient (Wildman–Crippen LogP) is 5.04. The fourth-order valence-electron chi connectivity index (χ4n) is 3.17. The molecule has 0 aliphatic carbocycles. The van der Waals surface area contributed by atoms with Gasteiger partial charge < -0.3 is 15.0 Å². The van der Waals surface area contributed by atoms with Crippen LogP contribution in [-0.4, -0.2) is 25.1 Å². The van der Waals surface area contributed by atoms with Gasteiger partial charge in [0.25, 0.3) is 5.91 Å². The van der Waals surface area contributed by atoms with Crippen molar-refractivity contribution in [1.82, 2.24) is 0 Å². The molecule has 1 amide bonds. The van der Waals surface area contributed by atoms with Crippen molar-refractivity contribution in [2.45, 2.75) is 39.2 Å². The molecule has 5 heteroatoms. The Balaban J connectivity index is 1.70. The van der Waals surface area contributed by atoms with E-state index in [1.54, 1.807) is 13.0 Å². The van der Waals surface area contributed by atoms with Gasteiger partial charge in [0.05, 0.1) is 16.4 Å². The van der Waals surface area contributed by atoms with Gasteiger partial charge >= 0.3 is 0 Å². The number of carbonyl (C=O) groups is 1. The summed E-state index contributed by atoms with van der Waals surface area (Å²) in [6.07, 6.45) is 3.00. The maximum Gasteiger partial charge on any atom is 0.265 e. The van der Waals surface area contributed by atoms with Crippen molar-refractivity contribution in [2.75, 3.05) is 23.3 Å². The number of amides is 1. The third kappa shape index (κ3) is 4.50. The summed E-state index contributed by atoms with van der Waals surface area (Å²) in [4.78, 5) is 15.0. The minimum absolute atomic E-state index is 0.188. The molecule has 138 valence electrons. The molecule has 1 fully saturated rings. The molecule has 1 unspecified atom stereocenters. The molecule has 26 heavy (non-hydrogen) atoms. The van der Waals surface area contributed by atoms with Crippen LogP contribution in [0.4, 0.5) is 11.4 Å². The van der Waals surface area contributed by atoms with Crippen LogP contribution in [0.2, 0.25) is 5.02 Å². The number of anilines is 2. The first-order valence-electron chi connectivity index (χ1n) is 9.12. The lowest BCUT2D eigenvalue weighted by molar-refractivity contribution is -0.122. The second-order valence-electron chi connectivity index (χ2n) is 6.75. The van der Waals surface area contributed by atoms with E-state index in [1.165, 1.54) is 19.3 Å². The van der Waals surface area contributed by atoms with Gasteiger partial charge in [-0.3, -0.25) is 4.79 Å². The van der Waals surface area contributed by atoms with E-state index in [4.69, 9.17) is 16.3 Å². The fraction of sp³-hybridized carbons (Fsp3) is 0.381. The number of ether oxygens (including phenoxy) is 1. The number of aryl methyl sites for hydroxylation is 1. The number of hydrogen-bond acceptors (Lipinski definition) is 3. The Hall–Kier alpha value is -2.20. The minimum atomic E-state index is -0.649. The van der Waals surface area contributed by atoms with Gasteiger partial charge in [0.2, 0.25) is 0 Å². The summed E-state index contributed by atoms with van der Waals surface area (Å²) in [6, 6.07) is 13.5. The summed E-state index contributed by atoms with van der Waals surface area (Å²) in [7, 11) is 0. The number of nitrogens with zero attached hydrogens (tertiary/aromatic N) is 1. The van der Waals surface area contributed by atoms with Crippen molar-refractivity contribution in [3.63, 3.8) is 0 Å². The zero-order valence-corrected chi connectivity index (χ0v) is 16.1. The summed E-state index contributed by atoms with van der Waals surface area (Å²) < 4.78 is 5.79. The normalized spacial score (nSPS) is 15.4. The van der Waals surface area contributed by atoms with Crippen LogP contribution in [0.25, 0.3) is 0 Å². The molecule has 1 atom stereocenters. The van der Waals surface area contributed by atoms with E-state index >= 15 is 0 Å². The highest BCUT2D eigenvalue weighted by Gasteiger charge is 2.20. The Morgan fingerprint density at radius 3 is 2.65 bits per heavy atom. The first-order chi connectivity index (χ1) is 12.5. The van der Waals surface area contributed by atoms with Crippen LogP contribution in [0, 0.1) is 6.92 Å². The van der Waals surface area contributed by atoms with Gasteiger partial charge in [-0.1, -0.05) is 29.8 Å². The Morgan fingerprint density at radius 1 is 1.15 bits per heavy atom. The monoisotopic (exact) mass is 372 g/mol. The first-order valence-corrected chi connectivity index (χ1v) is 9.50. The number of para-hydroxylation sites is 2. The van der Waals surface area contributed by atoms with E-state index in [0.29, 0.717) is 10.8 Å². The van der Waals surface area contributed by atoms with Crippen molar-refractivity contribution in [3.05, 3.63) is 53.1 Å². The van der Waals surface area contributed by atoms with Crippen LogP contribution in [0.5, 0.6) is 5.75 Å². The third-order valence-corrected chi connectivity index (χ3v) is 4.93. The lowest BCUT2D eigenvalue weighted by Crippen LogP contribution is -2.33. The number of piperidine rings is 1. The average molecular weight is 373 g/mol. The maximum atomic E-state index is 12.7. The second-order valence-corrected chi connectivity index (χ2v) is 7.16. The minimum Gasteiger partial charge on any atom is -0.479 e. The first kappa shape index (κ1) is 18.6. The molecule has 0 radical (unpaired) electrons. The zero-order chi connectivity index (χ0) is 18.5. The largest absolute Gasteiger partial charge is 0.479 e. The summed E-state index contributed by atoms with van der Waals surface area (Å²) in [5.74, 6) is 0.339. The lowest BCUT2D eigenvalue weighted by Gasteiger charge is -2.30. The van der Waals surface area contributed by atoms with Gasteiger partial charge in [-0.25, -0.2) is 0 Å². The Bertz CT molecular complexity index is 772. The molecule has 0 spiro atoms. The molecule has 1 N–H and O–H groups in total. The highest BCUT2D eigenvalue weighted by atomic mass is 35.5. The topological polar surface area (TPSA) is 41.6 Å². The van der Waals surface area contributed by atoms with Gasteiger partial charge in [0.15, 0.2) is 6.10 Å². The van der Waals surface area contributed by atoms with Gasteiger partial charge in [0.1, 0.15) is 5.75 Å². The highest BCUT2D eigenvalue weighted by molar-refractivity contribution is 6.32. The van der Waals surface area contributed by atoms with Crippen molar-refractivity contribution in [2.24, 2.45) is 0 Å². The Morgan fingerprint density at radius 2 is 1.88 bits per heavy atom. The fourth-order valence-corrected chi connectivity index (χ4v) is 3.33. The van der Waals surface area contributed by atoms with Crippen molar-refractivity contribution < 1.29 is 9.53 Å². The molecule has 0 saturated carbocycles. The number of hydrogen-bond donors (Lipinski definition) is 1. The van der Waals surface area contributed by atoms with E-state index in [1.807, 2.05) is 37.3 Å². The van der Waals surface area contributed by atoms with Gasteiger partial charge in [0, 0.05) is 13.1 Å². The zero-order valence-electron chi connectivity index (χ0n) is 15.3. The van der Waals surface area contributed by atoms with Gasteiger partial charge in [-0.05, 0) is 62.9 Å². The van der Waals surface area contributed by atoms with Crippen molar-refractivity contribution in [1.29, 1.82) is 0 Å². The molecule has 1 heterocycles. The number of benzene rings is 2. The molecule has 1 aliphatic rings. The number of carbonyl (C=O) groups excluding carboxylic acids is 1. The second kappa shape index (κ2) is 8.45. The molecule has 1 aliphatic heterocycles. The van der Waals surface area contributed by atoms with E-state index < -0.39 is 6.10 Å². The maximum absolute atomic E-state index is 12.7. The Kier molecular flexibility index (Phi) is 6.04. The highest BCUT2D eigenvalue weighted by Crippen LogP contribution is 2.29. The van der Waals surface area contributed by atoms with E-state index in [0.717, 1.165) is 30.0 Å². The van der Waals surface area contributed by atoms with E-state index in [-0.39, 0.29) is 5.91 Å². The van der Waals surface area contributed by atoms with E-state index in [2.05, 4.69) is 16.3 Å². The van der Waals surface area contributed by atoms with Crippen molar-refractivity contribution >= 4 is 28.9 Å². The molecule has 4 nitrogen and oxygen atoms in total. The quantitative estimate of drug-likeness (QED) is 0.798. The summed E-state index contributed by atoms with van der Waals surface area (Å²) >= 11 is 6.17. The van der Waals surface area contributed by atoms with E-state index in [9.17, 15) is 4.79 Å². The Labute approximate surface area is 160 Å². The molecular weight excluding hydrogens is 348 g/mol. The van der Waals surface area contributed by atoms with Crippen LogP contribution in [0.3, 0.4) is 0 Å². The van der Waals surface area contributed by atoms with Crippen LogP contribution >= 0.6 is 11.6 Å². The standard InChI is InChI=1S/C21H25ClN2O2/c1-15-10-11-17(22)20(14-15)26-16(2)21(25)23-18-8-4-5-9-19(18)24-12-6-3-7-13-24/h4-5,8-11,14,16H,3,6-7,12-13H2,1-2H3,(H,23,25). The molecule has 3 rings (SSSR count). The summed E-state index contributed by atoms with van der Waals surface area (Å²) in [5.41, 5.74) is 2.93. The number of halogens is 1. The number of nitrogens with one attached hydrogen (secondary N) is 1. The molecule has 1 saturated heterocycles. The molecule has 0 aromatic heterocycles. The number of rotatable bonds is 5. The molecule has 2 aromatic carbocycles. The van der Waals surface area contributed by atoms with Crippen molar-refractivity contribution in [3.8, 4) is 5.75 Å². The third-order valence-electron chi connectivity index (χ3n) is 4.62. The van der Waals surface area contributed by atoms with Gasteiger partial charge in [-0.15, -0.1) is 0 Å². The lowest BCUT2D eigenvalue weighted by atomic mass is 10.1. The van der Waals surface area contributed by atoms with Crippen LogP contribution in [0.1, 0.15) is 31.7 Å². The SMILES string of the molecule is Cc1ccc(Cl)c(OC(C)C(=O)Nc2ccccc2N2CCCCC2)c1. The molecule has 0 bridgehead atoms. The van der Waals surface area contributed by atoms with Crippen LogP contribution < -0.4 is 15.0 Å². The van der Waals surface area contributed by atoms with Crippen LogP contribution in [0.15, 0.2) is 42.5 Å². The summed E-state index contributed by atoms with van der Waals surface area (Å²) in [6.45, 7) is 5.75. The smallest absolute Gasteiger partial charge is 0.265 e. The van der Waals surface area contributed by atoms with Crippen LogP contribution in [-0.2, 0) is 4.79 Å². The average Bonchev–Trinajstić information content (AvgIpc) is 2.66. The summed E-state index contributed by atoms with van der Waals surface area (Å²) in [5, 5.41) is 3.52. The van der Waals surface area contributed by atoms with Gasteiger partial charge in [-0.2, -0.15) is 0 Å². The molecule has 2 aromatic rings. The predicted molar refractivity (Wildman–Crippen MR) is 107 cm³/mol.